The Hall–Kier alpha value is -0.250. The maximum absolute atomic E-state index is 13.6. The van der Waals surface area contributed by atoms with Gasteiger partial charge in [-0.25, -0.2) is 0 Å². The summed E-state index contributed by atoms with van der Waals surface area (Å²) < 4.78 is 40.7. The molecule has 4 heteroatoms. The molecule has 1 N–H and O–H groups in total. The zero-order valence-corrected chi connectivity index (χ0v) is 21.1. The molecule has 4 saturated carbocycles. The van der Waals surface area contributed by atoms with E-state index in [0.717, 1.165) is 36.5 Å². The Morgan fingerprint density at radius 2 is 1.53 bits per heavy atom. The molecule has 0 heterocycles. The third kappa shape index (κ3) is 3.97. The molecule has 0 aromatic heterocycles. The van der Waals surface area contributed by atoms with Crippen molar-refractivity contribution >= 4 is 0 Å². The predicted molar refractivity (Wildman–Crippen MR) is 124 cm³/mol. The van der Waals surface area contributed by atoms with Crippen LogP contribution in [-0.4, -0.2) is 16.9 Å². The SMILES string of the molecule is CC(C)CCC[C@@H](C)[C@H]1CC[C@H]2[C@@H]3CC[C@H]4C[C@](O)(C(F)(F)F)CC[C@]4(C)[C@H]3CC[C@]12C. The Kier molecular flexibility index (Phi) is 6.57. The van der Waals surface area contributed by atoms with Gasteiger partial charge in [0.15, 0.2) is 5.60 Å². The highest BCUT2D eigenvalue weighted by Crippen LogP contribution is 2.69. The molecule has 0 radical (unpaired) electrons. The van der Waals surface area contributed by atoms with Crippen molar-refractivity contribution in [2.75, 3.05) is 0 Å². The van der Waals surface area contributed by atoms with Crippen LogP contribution < -0.4 is 0 Å². The third-order valence-corrected chi connectivity index (χ3v) is 11.5. The first-order valence-electron chi connectivity index (χ1n) is 13.6. The summed E-state index contributed by atoms with van der Waals surface area (Å²) in [5.41, 5.74) is -2.07. The van der Waals surface area contributed by atoms with Crippen LogP contribution in [0.3, 0.4) is 0 Å². The smallest absolute Gasteiger partial charge is 0.380 e. The van der Waals surface area contributed by atoms with Gasteiger partial charge in [-0.2, -0.15) is 13.2 Å². The van der Waals surface area contributed by atoms with Crippen molar-refractivity contribution in [3.8, 4) is 0 Å². The highest BCUT2D eigenvalue weighted by molar-refractivity contribution is 5.11. The largest absolute Gasteiger partial charge is 0.417 e. The Morgan fingerprint density at radius 1 is 0.844 bits per heavy atom. The van der Waals surface area contributed by atoms with Crippen molar-refractivity contribution in [1.29, 1.82) is 0 Å². The minimum Gasteiger partial charge on any atom is -0.380 e. The molecule has 4 aliphatic carbocycles. The summed E-state index contributed by atoms with van der Waals surface area (Å²) in [6.45, 7) is 12.0. The molecule has 4 fully saturated rings. The summed E-state index contributed by atoms with van der Waals surface area (Å²) in [6.07, 6.45) is 6.92. The van der Waals surface area contributed by atoms with Crippen LogP contribution in [0.1, 0.15) is 112 Å². The second-order valence-corrected chi connectivity index (χ2v) is 13.4. The zero-order valence-electron chi connectivity index (χ0n) is 21.1. The summed E-state index contributed by atoms with van der Waals surface area (Å²) in [5.74, 6) is 4.37. The van der Waals surface area contributed by atoms with Crippen LogP contribution in [0.15, 0.2) is 0 Å². The number of fused-ring (bicyclic) bond motifs is 5. The van der Waals surface area contributed by atoms with E-state index in [2.05, 4.69) is 34.6 Å². The molecule has 4 rings (SSSR count). The topological polar surface area (TPSA) is 20.2 Å². The monoisotopic (exact) mass is 456 g/mol. The molecule has 0 unspecified atom stereocenters. The Morgan fingerprint density at radius 3 is 2.19 bits per heavy atom. The molecule has 0 spiro atoms. The van der Waals surface area contributed by atoms with Gasteiger partial charge in [-0.05, 0) is 110 Å². The van der Waals surface area contributed by atoms with Gasteiger partial charge >= 0.3 is 6.18 Å². The lowest BCUT2D eigenvalue weighted by molar-refractivity contribution is -0.290. The average molecular weight is 457 g/mol. The molecule has 0 amide bonds. The molecule has 1 nitrogen and oxygen atoms in total. The average Bonchev–Trinajstić information content (AvgIpc) is 3.04. The first-order valence-corrected chi connectivity index (χ1v) is 13.6. The lowest BCUT2D eigenvalue weighted by atomic mass is 9.43. The highest BCUT2D eigenvalue weighted by atomic mass is 19.4. The summed E-state index contributed by atoms with van der Waals surface area (Å²) in [5, 5.41) is 10.4. The van der Waals surface area contributed by atoms with E-state index < -0.39 is 11.8 Å². The first kappa shape index (κ1) is 24.9. The van der Waals surface area contributed by atoms with Gasteiger partial charge in [0.25, 0.3) is 0 Å². The summed E-state index contributed by atoms with van der Waals surface area (Å²) in [7, 11) is 0. The standard InChI is InChI=1S/C28H47F3O/c1-18(2)7-6-8-19(3)22-11-12-23-21-10-9-20-17-27(32,28(29,30)31)16-15-25(20,4)24(21)13-14-26(22,23)5/h18-24,32H,6-17H2,1-5H3/t19-,20+,21+,22-,23+,24+,25+,26-,27+/m1/s1. The van der Waals surface area contributed by atoms with Gasteiger partial charge in [-0.1, -0.05) is 53.9 Å². The van der Waals surface area contributed by atoms with E-state index in [1.807, 2.05) is 0 Å². The van der Waals surface area contributed by atoms with Gasteiger partial charge in [-0.3, -0.25) is 0 Å². The maximum atomic E-state index is 13.6. The van der Waals surface area contributed by atoms with Crippen molar-refractivity contribution in [2.45, 2.75) is 123 Å². The second-order valence-electron chi connectivity index (χ2n) is 13.4. The fourth-order valence-corrected chi connectivity index (χ4v) is 9.53. The van der Waals surface area contributed by atoms with Crippen LogP contribution in [0, 0.1) is 52.3 Å². The number of hydrogen-bond acceptors (Lipinski definition) is 1. The molecular weight excluding hydrogens is 409 g/mol. The van der Waals surface area contributed by atoms with Crippen LogP contribution in [-0.2, 0) is 0 Å². The summed E-state index contributed by atoms with van der Waals surface area (Å²) in [4.78, 5) is 0. The van der Waals surface area contributed by atoms with E-state index in [1.54, 1.807) is 0 Å². The van der Waals surface area contributed by atoms with Gasteiger partial charge in [0.1, 0.15) is 0 Å². The minimum atomic E-state index is -4.50. The zero-order chi connectivity index (χ0) is 23.5. The third-order valence-electron chi connectivity index (χ3n) is 11.5. The molecule has 186 valence electrons. The van der Waals surface area contributed by atoms with E-state index in [4.69, 9.17) is 0 Å². The van der Waals surface area contributed by atoms with Crippen molar-refractivity contribution in [2.24, 2.45) is 52.3 Å². The highest BCUT2D eigenvalue weighted by Gasteiger charge is 2.65. The molecule has 0 aromatic rings. The molecule has 32 heavy (non-hydrogen) atoms. The minimum absolute atomic E-state index is 0.0145. The molecule has 0 aliphatic heterocycles. The van der Waals surface area contributed by atoms with Gasteiger partial charge < -0.3 is 5.11 Å². The lowest BCUT2D eigenvalue weighted by Crippen LogP contribution is -2.59. The van der Waals surface area contributed by atoms with Crippen LogP contribution in [0.4, 0.5) is 13.2 Å². The van der Waals surface area contributed by atoms with E-state index in [9.17, 15) is 18.3 Å². The van der Waals surface area contributed by atoms with Crippen LogP contribution in [0.2, 0.25) is 0 Å². The van der Waals surface area contributed by atoms with Crippen molar-refractivity contribution in [1.82, 2.24) is 0 Å². The molecule has 0 aromatic carbocycles. The number of halogens is 3. The summed E-state index contributed by atoms with van der Waals surface area (Å²) in [6, 6.07) is 0. The van der Waals surface area contributed by atoms with E-state index in [1.165, 1.54) is 44.9 Å². The Balaban J connectivity index is 1.47. The van der Waals surface area contributed by atoms with Crippen LogP contribution in [0.5, 0.6) is 0 Å². The van der Waals surface area contributed by atoms with Gasteiger partial charge in [0.05, 0.1) is 0 Å². The van der Waals surface area contributed by atoms with Crippen molar-refractivity contribution in [3.63, 3.8) is 0 Å². The fraction of sp³-hybridized carbons (Fsp3) is 1.00. The quantitative estimate of drug-likeness (QED) is 0.440. The molecule has 0 bridgehead atoms. The lowest BCUT2D eigenvalue weighted by Gasteiger charge is -2.62. The molecule has 9 atom stereocenters. The van der Waals surface area contributed by atoms with E-state index >= 15 is 0 Å². The maximum Gasteiger partial charge on any atom is 0.417 e. The Labute approximate surface area is 194 Å². The van der Waals surface area contributed by atoms with Gasteiger partial charge in [-0.15, -0.1) is 0 Å². The number of rotatable bonds is 5. The van der Waals surface area contributed by atoms with Gasteiger partial charge in [0, 0.05) is 0 Å². The predicted octanol–water partition coefficient (Wildman–Crippen LogP) is 8.40. The first-order chi connectivity index (χ1) is 14.8. The molecular formula is C28H47F3O. The Bertz CT molecular complexity index is 674. The van der Waals surface area contributed by atoms with Gasteiger partial charge in [0.2, 0.25) is 0 Å². The fourth-order valence-electron chi connectivity index (χ4n) is 9.53. The number of alkyl halides is 3. The molecule has 0 saturated heterocycles. The van der Waals surface area contributed by atoms with Crippen LogP contribution in [0.25, 0.3) is 0 Å². The number of aliphatic hydroxyl groups is 1. The number of hydrogen-bond donors (Lipinski definition) is 1. The second kappa shape index (κ2) is 8.45. The van der Waals surface area contributed by atoms with E-state index in [0.29, 0.717) is 23.7 Å². The van der Waals surface area contributed by atoms with Crippen LogP contribution >= 0.6 is 0 Å². The normalized spacial score (nSPS) is 47.6. The van der Waals surface area contributed by atoms with Crippen molar-refractivity contribution in [3.05, 3.63) is 0 Å². The van der Waals surface area contributed by atoms with E-state index in [-0.39, 0.29) is 24.2 Å². The van der Waals surface area contributed by atoms with Crippen molar-refractivity contribution < 1.29 is 18.3 Å². The molecule has 4 aliphatic rings. The summed E-state index contributed by atoms with van der Waals surface area (Å²) >= 11 is 0.